The number of hydrogen-bond donors (Lipinski definition) is 1. The van der Waals surface area contributed by atoms with Gasteiger partial charge in [-0.1, -0.05) is 121 Å². The van der Waals surface area contributed by atoms with Gasteiger partial charge in [-0.15, -0.1) is 0 Å². The van der Waals surface area contributed by atoms with Crippen LogP contribution in [-0.2, 0) is 55.7 Å². The molecule has 0 saturated carbocycles. The molecule has 5 aromatic rings. The highest BCUT2D eigenvalue weighted by Gasteiger charge is 2.73. The van der Waals surface area contributed by atoms with E-state index in [0.29, 0.717) is 22.6 Å². The summed E-state index contributed by atoms with van der Waals surface area (Å²) in [5, 5.41) is 12.5. The molecule has 0 aliphatic carbocycles. The van der Waals surface area contributed by atoms with Gasteiger partial charge in [-0.2, -0.15) is 13.2 Å². The molecule has 7 rings (SSSR count). The van der Waals surface area contributed by atoms with Crippen molar-refractivity contribution in [3.8, 4) is 5.75 Å². The Morgan fingerprint density at radius 2 is 1.23 bits per heavy atom. The lowest BCUT2D eigenvalue weighted by Crippen LogP contribution is -2.72. The first-order valence-electron chi connectivity index (χ1n) is 18.5. The van der Waals surface area contributed by atoms with Gasteiger partial charge in [-0.05, 0) is 72.4 Å². The predicted molar refractivity (Wildman–Crippen MR) is 205 cm³/mol. The molecule has 7 nitrogen and oxygen atoms in total. The van der Waals surface area contributed by atoms with Crippen LogP contribution >= 0.6 is 11.6 Å². The van der Waals surface area contributed by atoms with E-state index in [0.717, 1.165) is 22.3 Å². The lowest BCUT2D eigenvalue weighted by atomic mass is 9.74. The minimum atomic E-state index is -4.44. The van der Waals surface area contributed by atoms with E-state index in [4.69, 9.17) is 40.0 Å². The fourth-order valence-corrected chi connectivity index (χ4v) is 7.52. The highest BCUT2D eigenvalue weighted by molar-refractivity contribution is 6.31. The van der Waals surface area contributed by atoms with E-state index in [9.17, 15) is 18.3 Å². The maximum Gasteiger partial charge on any atom is 0.422 e. The number of aliphatic hydroxyl groups is 1. The summed E-state index contributed by atoms with van der Waals surface area (Å²) >= 11 is 6.81. The first-order valence-corrected chi connectivity index (χ1v) is 18.8. The van der Waals surface area contributed by atoms with E-state index in [1.54, 1.807) is 32.0 Å². The Labute approximate surface area is 329 Å². The molecule has 294 valence electrons. The molecule has 56 heavy (non-hydrogen) atoms. The fraction of sp³-hybridized carbons (Fsp3) is 0.333. The lowest BCUT2D eigenvalue weighted by Gasteiger charge is -2.54. The zero-order chi connectivity index (χ0) is 39.4. The first-order chi connectivity index (χ1) is 26.9. The van der Waals surface area contributed by atoms with Crippen LogP contribution in [0.5, 0.6) is 5.75 Å². The highest BCUT2D eigenvalue weighted by atomic mass is 35.5. The van der Waals surface area contributed by atoms with Crippen molar-refractivity contribution < 1.29 is 46.7 Å². The Kier molecular flexibility index (Phi) is 11.9. The SMILES string of the molecule is CC(C)(O)[C@@]12CO[C@@](c3ccc(Cl)c(Cc4ccc(OCC(F)(F)F)cc4)c3)(O1)[C@H](OCc1ccccc1)[C@@H](OCc1ccccc1)[C@@H]2OCc1ccccc1. The fourth-order valence-electron chi connectivity index (χ4n) is 7.33. The summed E-state index contributed by atoms with van der Waals surface area (Å²) in [6.45, 7) is 2.55. The summed E-state index contributed by atoms with van der Waals surface area (Å²) in [6, 6.07) is 41.1. The molecule has 5 atom stereocenters. The van der Waals surface area contributed by atoms with Crippen LogP contribution in [0, 0.1) is 0 Å². The second-order valence-corrected chi connectivity index (χ2v) is 15.1. The monoisotopic (exact) mass is 788 g/mol. The van der Waals surface area contributed by atoms with Crippen LogP contribution in [-0.4, -0.2) is 54.0 Å². The third-order valence-electron chi connectivity index (χ3n) is 10.3. The molecule has 2 bridgehead atoms. The van der Waals surface area contributed by atoms with Crippen LogP contribution < -0.4 is 4.74 Å². The summed E-state index contributed by atoms with van der Waals surface area (Å²) < 4.78 is 77.7. The van der Waals surface area contributed by atoms with E-state index in [2.05, 4.69) is 0 Å². The molecular formula is C45H44ClF3O7. The largest absolute Gasteiger partial charge is 0.484 e. The maximum atomic E-state index is 12.7. The van der Waals surface area contributed by atoms with Crippen molar-refractivity contribution in [3.05, 3.63) is 172 Å². The molecule has 2 aliphatic rings. The Balaban J connectivity index is 1.29. The number of rotatable bonds is 15. The average molecular weight is 789 g/mol. The van der Waals surface area contributed by atoms with Crippen LogP contribution in [0.25, 0.3) is 0 Å². The standard InChI is InChI=1S/C45H44ClF3O7/c1-42(2,50)43-29-55-45(56-43,36-20-23-38(46)35(25-36)24-31-18-21-37(22-19-31)54-30-44(47,48)49)41(53-28-34-16-10-5-11-17-34)39(51-26-32-12-6-3-7-13-32)40(43)52-27-33-14-8-4-9-15-33/h3-23,25,39-41,50H,24,26-30H2,1-2H3/t39-,40-,41+,43-,45-/m0/s1. The summed E-state index contributed by atoms with van der Waals surface area (Å²) in [4.78, 5) is 0. The van der Waals surface area contributed by atoms with Gasteiger partial charge in [0.25, 0.3) is 0 Å². The molecular weight excluding hydrogens is 745 g/mol. The third-order valence-corrected chi connectivity index (χ3v) is 10.7. The Hall–Kier alpha value is -4.26. The van der Waals surface area contributed by atoms with Crippen molar-refractivity contribution in [2.75, 3.05) is 13.2 Å². The minimum absolute atomic E-state index is 0.0519. The van der Waals surface area contributed by atoms with E-state index in [-0.39, 0.29) is 32.2 Å². The van der Waals surface area contributed by atoms with Crippen LogP contribution in [0.3, 0.4) is 0 Å². The van der Waals surface area contributed by atoms with Crippen molar-refractivity contribution in [2.24, 2.45) is 0 Å². The van der Waals surface area contributed by atoms with Crippen molar-refractivity contribution >= 4 is 11.6 Å². The maximum absolute atomic E-state index is 12.7. The van der Waals surface area contributed by atoms with E-state index in [1.165, 1.54) is 12.1 Å². The van der Waals surface area contributed by atoms with Crippen molar-refractivity contribution in [2.45, 2.75) is 81.6 Å². The topological polar surface area (TPSA) is 75.6 Å². The number of alkyl halides is 3. The molecule has 2 aliphatic heterocycles. The quantitative estimate of drug-likeness (QED) is 0.113. The zero-order valence-electron chi connectivity index (χ0n) is 31.1. The lowest BCUT2D eigenvalue weighted by molar-refractivity contribution is -0.369. The molecule has 2 saturated heterocycles. The van der Waals surface area contributed by atoms with Crippen molar-refractivity contribution in [3.63, 3.8) is 0 Å². The summed E-state index contributed by atoms with van der Waals surface area (Å²) in [7, 11) is 0. The molecule has 11 heteroatoms. The molecule has 2 fully saturated rings. The summed E-state index contributed by atoms with van der Waals surface area (Å²) in [6.07, 6.45) is -6.73. The molecule has 0 spiro atoms. The van der Waals surface area contributed by atoms with Gasteiger partial charge < -0.3 is 33.5 Å². The highest BCUT2D eigenvalue weighted by Crippen LogP contribution is 2.56. The van der Waals surface area contributed by atoms with E-state index in [1.807, 2.05) is 103 Å². The van der Waals surface area contributed by atoms with Crippen LogP contribution in [0.15, 0.2) is 133 Å². The molecule has 0 unspecified atom stereocenters. The molecule has 0 radical (unpaired) electrons. The predicted octanol–water partition coefficient (Wildman–Crippen LogP) is 9.35. The van der Waals surface area contributed by atoms with Gasteiger partial charge in [-0.3, -0.25) is 0 Å². The summed E-state index contributed by atoms with van der Waals surface area (Å²) in [5.74, 6) is -1.50. The Morgan fingerprint density at radius 1 is 0.696 bits per heavy atom. The molecule has 0 amide bonds. The summed E-state index contributed by atoms with van der Waals surface area (Å²) in [5.41, 5.74) is 1.94. The van der Waals surface area contributed by atoms with Gasteiger partial charge >= 0.3 is 6.18 Å². The smallest absolute Gasteiger partial charge is 0.422 e. The van der Waals surface area contributed by atoms with Crippen molar-refractivity contribution in [1.29, 1.82) is 0 Å². The first kappa shape index (κ1) is 40.0. The van der Waals surface area contributed by atoms with Crippen LogP contribution in [0.4, 0.5) is 13.2 Å². The van der Waals surface area contributed by atoms with Gasteiger partial charge in [0.15, 0.2) is 12.2 Å². The van der Waals surface area contributed by atoms with Gasteiger partial charge in [0.05, 0.1) is 32.0 Å². The van der Waals surface area contributed by atoms with E-state index < -0.39 is 48.1 Å². The van der Waals surface area contributed by atoms with Gasteiger partial charge in [-0.25, -0.2) is 0 Å². The second-order valence-electron chi connectivity index (χ2n) is 14.7. The number of fused-ring (bicyclic) bond motifs is 2. The zero-order valence-corrected chi connectivity index (χ0v) is 31.8. The van der Waals surface area contributed by atoms with Crippen LogP contribution in [0.2, 0.25) is 5.02 Å². The average Bonchev–Trinajstić information content (AvgIpc) is 3.56. The second kappa shape index (κ2) is 16.7. The minimum Gasteiger partial charge on any atom is -0.484 e. The number of ether oxygens (including phenoxy) is 6. The van der Waals surface area contributed by atoms with Crippen LogP contribution in [0.1, 0.15) is 47.2 Å². The molecule has 5 aromatic carbocycles. The van der Waals surface area contributed by atoms with Gasteiger partial charge in [0, 0.05) is 10.6 Å². The Bertz CT molecular complexity index is 2030. The van der Waals surface area contributed by atoms with Gasteiger partial charge in [0.1, 0.15) is 24.1 Å². The molecule has 0 aromatic heterocycles. The van der Waals surface area contributed by atoms with E-state index >= 15 is 0 Å². The number of benzene rings is 5. The normalized spacial score (nSPS) is 23.6. The van der Waals surface area contributed by atoms with Crippen molar-refractivity contribution in [1.82, 2.24) is 0 Å². The molecule has 2 heterocycles. The number of hydrogen-bond acceptors (Lipinski definition) is 7. The molecule has 1 N–H and O–H groups in total. The third kappa shape index (κ3) is 8.82. The van der Waals surface area contributed by atoms with Gasteiger partial charge in [0.2, 0.25) is 5.79 Å². The Morgan fingerprint density at radius 3 is 1.77 bits per heavy atom. The number of halogens is 4.